The minimum Gasteiger partial charge on any atom is -0.348 e. The summed E-state index contributed by atoms with van der Waals surface area (Å²) >= 11 is 4.88. The van der Waals surface area contributed by atoms with E-state index >= 15 is 0 Å². The number of hydrogen-bond donors (Lipinski definition) is 2. The van der Waals surface area contributed by atoms with E-state index in [-0.39, 0.29) is 5.78 Å². The first-order valence-corrected chi connectivity index (χ1v) is 7.57. The molecule has 0 spiro atoms. The predicted molar refractivity (Wildman–Crippen MR) is 80.1 cm³/mol. The van der Waals surface area contributed by atoms with Crippen LogP contribution in [0.4, 0.5) is 0 Å². The number of aromatic amines is 1. The summed E-state index contributed by atoms with van der Waals surface area (Å²) in [6.07, 6.45) is 3.78. The van der Waals surface area contributed by atoms with Crippen LogP contribution in [0.3, 0.4) is 0 Å². The molecule has 2 rings (SSSR count). The summed E-state index contributed by atoms with van der Waals surface area (Å²) in [6, 6.07) is 7.38. The van der Waals surface area contributed by atoms with Gasteiger partial charge < -0.3 is 10.7 Å². The molecule has 1 aromatic carbocycles. The molecule has 2 aromatic rings. The zero-order valence-corrected chi connectivity index (χ0v) is 12.6. The van der Waals surface area contributed by atoms with Crippen LogP contribution >= 0.6 is 27.7 Å². The van der Waals surface area contributed by atoms with Crippen molar-refractivity contribution in [2.45, 2.75) is 17.4 Å². The molecule has 19 heavy (non-hydrogen) atoms. The molecule has 0 saturated carbocycles. The van der Waals surface area contributed by atoms with Crippen molar-refractivity contribution in [3.63, 3.8) is 0 Å². The molecule has 0 aliphatic heterocycles. The molecule has 0 amide bonds. The third-order valence-electron chi connectivity index (χ3n) is 2.60. The summed E-state index contributed by atoms with van der Waals surface area (Å²) in [5.74, 6) is 0.430. The SMILES string of the molecule is N[C@@H](Cc1cnc[nH]1)C(=O)CSc1ccc(Br)cc1. The number of rotatable bonds is 6. The van der Waals surface area contributed by atoms with Crippen LogP contribution in [-0.2, 0) is 11.2 Å². The molecule has 0 aliphatic carbocycles. The minimum atomic E-state index is -0.483. The van der Waals surface area contributed by atoms with Crippen molar-refractivity contribution in [2.24, 2.45) is 5.73 Å². The molecule has 1 atom stereocenters. The lowest BCUT2D eigenvalue weighted by atomic mass is 10.1. The van der Waals surface area contributed by atoms with Crippen LogP contribution in [0.15, 0.2) is 46.2 Å². The van der Waals surface area contributed by atoms with Gasteiger partial charge in [-0.05, 0) is 24.3 Å². The van der Waals surface area contributed by atoms with Gasteiger partial charge in [-0.1, -0.05) is 15.9 Å². The summed E-state index contributed by atoms with van der Waals surface area (Å²) < 4.78 is 1.03. The second-order valence-corrected chi connectivity index (χ2v) is 6.06. The maximum atomic E-state index is 11.9. The Morgan fingerprint density at radius 3 is 2.79 bits per heavy atom. The van der Waals surface area contributed by atoms with E-state index in [1.165, 1.54) is 11.8 Å². The maximum absolute atomic E-state index is 11.9. The van der Waals surface area contributed by atoms with Gasteiger partial charge in [0.05, 0.1) is 18.1 Å². The van der Waals surface area contributed by atoms with E-state index in [0.29, 0.717) is 12.2 Å². The highest BCUT2D eigenvalue weighted by Gasteiger charge is 2.14. The van der Waals surface area contributed by atoms with E-state index in [1.807, 2.05) is 24.3 Å². The van der Waals surface area contributed by atoms with E-state index in [4.69, 9.17) is 5.73 Å². The summed E-state index contributed by atoms with van der Waals surface area (Å²) in [6.45, 7) is 0. The molecule has 0 radical (unpaired) electrons. The number of hydrogen-bond acceptors (Lipinski definition) is 4. The highest BCUT2D eigenvalue weighted by atomic mass is 79.9. The molecule has 3 N–H and O–H groups in total. The molecule has 6 heteroatoms. The van der Waals surface area contributed by atoms with Crippen molar-refractivity contribution < 1.29 is 4.79 Å². The zero-order chi connectivity index (χ0) is 13.7. The first kappa shape index (κ1) is 14.3. The number of carbonyl (C=O) groups excluding carboxylic acids is 1. The van der Waals surface area contributed by atoms with Crippen LogP contribution < -0.4 is 5.73 Å². The van der Waals surface area contributed by atoms with Gasteiger partial charge in [-0.15, -0.1) is 11.8 Å². The van der Waals surface area contributed by atoms with Crippen molar-refractivity contribution in [1.82, 2.24) is 9.97 Å². The number of nitrogens with one attached hydrogen (secondary N) is 1. The number of carbonyl (C=O) groups is 1. The topological polar surface area (TPSA) is 71.8 Å². The van der Waals surface area contributed by atoms with Crippen molar-refractivity contribution in [3.8, 4) is 0 Å². The number of halogens is 1. The van der Waals surface area contributed by atoms with E-state index in [0.717, 1.165) is 15.1 Å². The molecular formula is C13H14BrN3OS. The molecule has 1 heterocycles. The van der Waals surface area contributed by atoms with Crippen LogP contribution in [0, 0.1) is 0 Å². The third-order valence-corrected chi connectivity index (χ3v) is 4.17. The molecule has 0 saturated heterocycles. The number of Topliss-reactive ketones (excluding diaryl/α,β-unsaturated/α-hetero) is 1. The minimum absolute atomic E-state index is 0.0440. The molecule has 0 unspecified atom stereocenters. The fourth-order valence-corrected chi connectivity index (χ4v) is 2.66. The van der Waals surface area contributed by atoms with Crippen molar-refractivity contribution >= 4 is 33.5 Å². The number of H-pyrrole nitrogens is 1. The fraction of sp³-hybridized carbons (Fsp3) is 0.231. The van der Waals surface area contributed by atoms with Crippen LogP contribution in [0.25, 0.3) is 0 Å². The average molecular weight is 340 g/mol. The van der Waals surface area contributed by atoms with E-state index in [1.54, 1.807) is 12.5 Å². The Balaban J connectivity index is 1.82. The molecule has 100 valence electrons. The number of imidazole rings is 1. The molecule has 0 fully saturated rings. The molecule has 1 aromatic heterocycles. The summed E-state index contributed by atoms with van der Waals surface area (Å²) in [7, 11) is 0. The Morgan fingerprint density at radius 1 is 1.42 bits per heavy atom. The van der Waals surface area contributed by atoms with Gasteiger partial charge in [0.2, 0.25) is 0 Å². The summed E-state index contributed by atoms with van der Waals surface area (Å²) in [4.78, 5) is 19.8. The lowest BCUT2D eigenvalue weighted by Crippen LogP contribution is -2.34. The average Bonchev–Trinajstić information content (AvgIpc) is 2.90. The van der Waals surface area contributed by atoms with E-state index in [9.17, 15) is 4.79 Å². The molecular weight excluding hydrogens is 326 g/mol. The Hall–Kier alpha value is -1.11. The van der Waals surface area contributed by atoms with Gasteiger partial charge in [0.25, 0.3) is 0 Å². The van der Waals surface area contributed by atoms with Gasteiger partial charge in [0.15, 0.2) is 5.78 Å². The second-order valence-electron chi connectivity index (χ2n) is 4.10. The van der Waals surface area contributed by atoms with E-state index in [2.05, 4.69) is 25.9 Å². The number of nitrogens with zero attached hydrogens (tertiary/aromatic N) is 1. The number of benzene rings is 1. The Labute approximate surface area is 124 Å². The third kappa shape index (κ3) is 4.49. The number of thioether (sulfide) groups is 1. The summed E-state index contributed by atoms with van der Waals surface area (Å²) in [5, 5.41) is 0. The normalized spacial score (nSPS) is 12.3. The predicted octanol–water partition coefficient (Wildman–Crippen LogP) is 2.40. The monoisotopic (exact) mass is 339 g/mol. The van der Waals surface area contributed by atoms with Crippen LogP contribution in [0.5, 0.6) is 0 Å². The van der Waals surface area contributed by atoms with Crippen LogP contribution in [0.2, 0.25) is 0 Å². The number of ketones is 1. The van der Waals surface area contributed by atoms with Gasteiger partial charge in [-0.2, -0.15) is 0 Å². The highest BCUT2D eigenvalue weighted by molar-refractivity contribution is 9.10. The Bertz CT molecular complexity index is 527. The Morgan fingerprint density at radius 2 is 2.16 bits per heavy atom. The number of aromatic nitrogens is 2. The second kappa shape index (κ2) is 6.88. The maximum Gasteiger partial charge on any atom is 0.160 e. The summed E-state index contributed by atoms with van der Waals surface area (Å²) in [5.41, 5.74) is 6.76. The quantitative estimate of drug-likeness (QED) is 0.792. The van der Waals surface area contributed by atoms with Crippen molar-refractivity contribution in [3.05, 3.63) is 47.0 Å². The van der Waals surface area contributed by atoms with Gasteiger partial charge >= 0.3 is 0 Å². The molecule has 0 bridgehead atoms. The standard InChI is InChI=1S/C13H14BrN3OS/c14-9-1-3-11(4-2-9)19-7-13(18)12(15)5-10-6-16-8-17-10/h1-4,6,8,12H,5,7,15H2,(H,16,17)/t12-/m0/s1. The number of nitrogens with two attached hydrogens (primary N) is 1. The fourth-order valence-electron chi connectivity index (χ4n) is 1.54. The van der Waals surface area contributed by atoms with Crippen molar-refractivity contribution in [2.75, 3.05) is 5.75 Å². The first-order valence-electron chi connectivity index (χ1n) is 5.79. The molecule has 4 nitrogen and oxygen atoms in total. The van der Waals surface area contributed by atoms with Crippen molar-refractivity contribution in [1.29, 1.82) is 0 Å². The van der Waals surface area contributed by atoms with E-state index < -0.39 is 6.04 Å². The van der Waals surface area contributed by atoms with Gasteiger partial charge in [-0.25, -0.2) is 4.98 Å². The highest BCUT2D eigenvalue weighted by Crippen LogP contribution is 2.20. The Kier molecular flexibility index (Phi) is 5.18. The lowest BCUT2D eigenvalue weighted by Gasteiger charge is -2.09. The largest absolute Gasteiger partial charge is 0.348 e. The lowest BCUT2D eigenvalue weighted by molar-refractivity contribution is -0.117. The van der Waals surface area contributed by atoms with Crippen LogP contribution in [-0.4, -0.2) is 27.5 Å². The smallest absolute Gasteiger partial charge is 0.160 e. The first-order chi connectivity index (χ1) is 9.15. The van der Waals surface area contributed by atoms with Gasteiger partial charge in [-0.3, -0.25) is 4.79 Å². The molecule has 0 aliphatic rings. The van der Waals surface area contributed by atoms with Gasteiger partial charge in [0, 0.05) is 27.7 Å². The van der Waals surface area contributed by atoms with Crippen LogP contribution in [0.1, 0.15) is 5.69 Å². The van der Waals surface area contributed by atoms with Gasteiger partial charge in [0.1, 0.15) is 0 Å². The zero-order valence-electron chi connectivity index (χ0n) is 10.2.